The molecule has 0 saturated carbocycles. The van der Waals surface area contributed by atoms with Crippen LogP contribution < -0.4 is 21.9 Å². The highest BCUT2D eigenvalue weighted by molar-refractivity contribution is 7.80. The summed E-state index contributed by atoms with van der Waals surface area (Å²) < 4.78 is 0. The minimum Gasteiger partial charge on any atom is -0.375 e. The third kappa shape index (κ3) is 6.57. The van der Waals surface area contributed by atoms with Gasteiger partial charge in [-0.3, -0.25) is 5.43 Å². The Morgan fingerprint density at radius 3 is 2.75 bits per heavy atom. The van der Waals surface area contributed by atoms with E-state index in [4.69, 9.17) is 11.0 Å². The van der Waals surface area contributed by atoms with Gasteiger partial charge in [0.1, 0.15) is 0 Å². The van der Waals surface area contributed by atoms with E-state index in [1.165, 1.54) is 0 Å². The first-order valence-corrected chi connectivity index (χ1v) is 3.54. The fraction of sp³-hybridized carbons (Fsp3) is 0.400. The molecule has 0 aliphatic rings. The van der Waals surface area contributed by atoms with Gasteiger partial charge in [0.05, 0.1) is 12.5 Å². The molecule has 0 unspecified atom stereocenters. The molecule has 0 aromatic carbocycles. The van der Waals surface area contributed by atoms with E-state index in [1.807, 2.05) is 6.07 Å². The number of rotatable bonds is 2. The second-order valence-corrected chi connectivity index (χ2v) is 2.22. The van der Waals surface area contributed by atoms with E-state index in [0.717, 1.165) is 0 Å². The highest BCUT2D eigenvalue weighted by Crippen LogP contribution is 1.69. The van der Waals surface area contributed by atoms with Crippen LogP contribution in [-0.2, 0) is 0 Å². The Kier molecular flexibility index (Phi) is 5.38. The summed E-state index contributed by atoms with van der Waals surface area (Å²) in [6.07, 6.45) is 0.264. The van der Waals surface area contributed by atoms with Gasteiger partial charge in [0, 0.05) is 6.54 Å². The number of nitrogens with one attached hydrogen (secondary N) is 3. The Morgan fingerprint density at radius 1 is 1.58 bits per heavy atom. The third-order valence-electron chi connectivity index (χ3n) is 0.822. The van der Waals surface area contributed by atoms with E-state index in [-0.39, 0.29) is 11.5 Å². The maximum Gasteiger partial charge on any atom is 0.333 e. The number of thiocarbonyl (C=S) groups is 1. The molecule has 0 radical (unpaired) electrons. The molecule has 0 aliphatic carbocycles. The molecule has 12 heavy (non-hydrogen) atoms. The van der Waals surface area contributed by atoms with E-state index < -0.39 is 6.03 Å². The van der Waals surface area contributed by atoms with Crippen molar-refractivity contribution in [3.63, 3.8) is 0 Å². The van der Waals surface area contributed by atoms with Crippen molar-refractivity contribution in [2.24, 2.45) is 5.73 Å². The highest BCUT2D eigenvalue weighted by atomic mass is 32.1. The van der Waals surface area contributed by atoms with Crippen molar-refractivity contribution < 1.29 is 4.79 Å². The van der Waals surface area contributed by atoms with Crippen molar-refractivity contribution in [3.8, 4) is 6.07 Å². The minimum absolute atomic E-state index is 0.0227. The van der Waals surface area contributed by atoms with Crippen molar-refractivity contribution in [2.75, 3.05) is 6.54 Å². The van der Waals surface area contributed by atoms with Crippen molar-refractivity contribution in [1.29, 1.82) is 5.26 Å². The van der Waals surface area contributed by atoms with E-state index >= 15 is 0 Å². The predicted molar refractivity (Wildman–Crippen MR) is 46.7 cm³/mol. The molecular formula is C5H9N5OS. The van der Waals surface area contributed by atoms with Crippen LogP contribution in [0.3, 0.4) is 0 Å². The van der Waals surface area contributed by atoms with Gasteiger partial charge in [-0.25, -0.2) is 10.2 Å². The van der Waals surface area contributed by atoms with Gasteiger partial charge in [-0.05, 0) is 12.2 Å². The molecule has 0 spiro atoms. The van der Waals surface area contributed by atoms with Gasteiger partial charge < -0.3 is 11.1 Å². The zero-order chi connectivity index (χ0) is 9.40. The lowest BCUT2D eigenvalue weighted by molar-refractivity contribution is 0.239. The molecule has 0 aromatic rings. The number of nitriles is 1. The quantitative estimate of drug-likeness (QED) is 0.251. The number of carbonyl (C=O) groups excluding carboxylic acids is 1. The lowest BCUT2D eigenvalue weighted by atomic mass is 10.5. The van der Waals surface area contributed by atoms with Crippen molar-refractivity contribution in [3.05, 3.63) is 0 Å². The van der Waals surface area contributed by atoms with E-state index in [0.29, 0.717) is 6.54 Å². The fourth-order valence-electron chi connectivity index (χ4n) is 0.394. The van der Waals surface area contributed by atoms with Crippen molar-refractivity contribution in [2.45, 2.75) is 6.42 Å². The highest BCUT2D eigenvalue weighted by Gasteiger charge is 1.96. The van der Waals surface area contributed by atoms with Crippen LogP contribution in [-0.4, -0.2) is 17.7 Å². The Hall–Kier alpha value is -1.55. The van der Waals surface area contributed by atoms with Crippen molar-refractivity contribution >= 4 is 23.4 Å². The second kappa shape index (κ2) is 6.18. The largest absolute Gasteiger partial charge is 0.375 e. The van der Waals surface area contributed by atoms with Gasteiger partial charge >= 0.3 is 6.03 Å². The first kappa shape index (κ1) is 10.4. The van der Waals surface area contributed by atoms with Crippen LogP contribution >= 0.6 is 12.2 Å². The second-order valence-electron chi connectivity index (χ2n) is 1.78. The number of nitrogens with two attached hydrogens (primary N) is 1. The first-order chi connectivity index (χ1) is 5.66. The third-order valence-corrected chi connectivity index (χ3v) is 0.924. The van der Waals surface area contributed by atoms with Crippen molar-refractivity contribution in [1.82, 2.24) is 16.2 Å². The Morgan fingerprint density at radius 2 is 2.25 bits per heavy atom. The molecule has 0 aromatic heterocycles. The van der Waals surface area contributed by atoms with Crippen LogP contribution in [0.4, 0.5) is 4.79 Å². The number of hydrogen-bond donors (Lipinski definition) is 4. The van der Waals surface area contributed by atoms with Gasteiger partial charge in [0.25, 0.3) is 0 Å². The molecule has 0 fully saturated rings. The van der Waals surface area contributed by atoms with Crippen LogP contribution in [0.2, 0.25) is 0 Å². The van der Waals surface area contributed by atoms with Gasteiger partial charge in [-0.1, -0.05) is 0 Å². The molecule has 0 rings (SSSR count). The molecule has 0 atom stereocenters. The number of urea groups is 1. The summed E-state index contributed by atoms with van der Waals surface area (Å²) in [4.78, 5) is 10.7. The summed E-state index contributed by atoms with van der Waals surface area (Å²) in [5, 5.41) is 10.5. The molecule has 0 aliphatic heterocycles. The number of nitrogens with zero attached hydrogens (tertiary/aromatic N) is 1. The Bertz CT molecular complexity index is 210. The Labute approximate surface area is 75.1 Å². The minimum atomic E-state index is -0.474. The summed E-state index contributed by atoms with van der Waals surface area (Å²) in [6.45, 7) is 0.293. The van der Waals surface area contributed by atoms with Crippen LogP contribution in [0, 0.1) is 11.3 Å². The van der Waals surface area contributed by atoms with Crippen LogP contribution in [0.1, 0.15) is 6.42 Å². The van der Waals surface area contributed by atoms with E-state index in [1.54, 1.807) is 0 Å². The molecule has 5 N–H and O–H groups in total. The van der Waals surface area contributed by atoms with Crippen LogP contribution in [0.5, 0.6) is 0 Å². The van der Waals surface area contributed by atoms with Crippen LogP contribution in [0.15, 0.2) is 0 Å². The topological polar surface area (TPSA) is 103 Å². The maximum atomic E-state index is 10.7. The summed E-state index contributed by atoms with van der Waals surface area (Å²) in [5.74, 6) is 0. The fourth-order valence-corrected chi connectivity index (χ4v) is 0.446. The first-order valence-electron chi connectivity index (χ1n) is 3.13. The van der Waals surface area contributed by atoms with Crippen LogP contribution in [0.25, 0.3) is 0 Å². The Balaban J connectivity index is 3.35. The SMILES string of the molecule is N#CCCNC(=O)NNC(N)=S. The molecule has 0 bridgehead atoms. The average Bonchev–Trinajstić information content (AvgIpc) is 2.01. The molecule has 2 amide bonds. The van der Waals surface area contributed by atoms with Gasteiger partial charge in [0.15, 0.2) is 5.11 Å². The number of amides is 2. The number of hydrazine groups is 1. The number of hydrogen-bond acceptors (Lipinski definition) is 3. The summed E-state index contributed by atoms with van der Waals surface area (Å²) in [7, 11) is 0. The summed E-state index contributed by atoms with van der Waals surface area (Å²) in [5.41, 5.74) is 9.42. The monoisotopic (exact) mass is 187 g/mol. The number of carbonyl (C=O) groups is 1. The molecular weight excluding hydrogens is 178 g/mol. The lowest BCUT2D eigenvalue weighted by Crippen LogP contribution is -2.48. The maximum absolute atomic E-state index is 10.7. The smallest absolute Gasteiger partial charge is 0.333 e. The zero-order valence-electron chi connectivity index (χ0n) is 6.26. The molecule has 0 heterocycles. The molecule has 0 saturated heterocycles. The summed E-state index contributed by atoms with van der Waals surface area (Å²) in [6, 6.07) is 1.40. The molecule has 66 valence electrons. The van der Waals surface area contributed by atoms with Gasteiger partial charge in [-0.15, -0.1) is 0 Å². The van der Waals surface area contributed by atoms with Gasteiger partial charge in [-0.2, -0.15) is 5.26 Å². The standard InChI is InChI=1S/C5H9N5OS/c6-2-1-3-8-5(11)10-9-4(7)12/h1,3H2,(H3,7,9,12)(H2,8,10,11). The zero-order valence-corrected chi connectivity index (χ0v) is 7.07. The summed E-state index contributed by atoms with van der Waals surface area (Å²) >= 11 is 4.42. The van der Waals surface area contributed by atoms with Gasteiger partial charge in [0.2, 0.25) is 0 Å². The normalized spacial score (nSPS) is 7.92. The average molecular weight is 187 g/mol. The lowest BCUT2D eigenvalue weighted by Gasteiger charge is -2.06. The van der Waals surface area contributed by atoms with E-state index in [2.05, 4.69) is 28.4 Å². The molecule has 6 nitrogen and oxygen atoms in total. The predicted octanol–water partition coefficient (Wildman–Crippen LogP) is -1.05. The van der Waals surface area contributed by atoms with E-state index in [9.17, 15) is 4.79 Å². The molecule has 7 heteroatoms.